The Bertz CT molecular complexity index is 748. The Morgan fingerprint density at radius 1 is 1.24 bits per heavy atom. The number of carbonyl (C=O) groups excluding carboxylic acids is 1. The Balaban J connectivity index is 1.69. The Hall–Kier alpha value is -1.77. The smallest absolute Gasteiger partial charge is 0.333 e. The highest BCUT2D eigenvalue weighted by Gasteiger charge is 2.53. The molecule has 3 heteroatoms. The molecule has 25 heavy (non-hydrogen) atoms. The number of phenolic OH excluding ortho intramolecular Hbond substituents is 1. The lowest BCUT2D eigenvalue weighted by molar-refractivity contribution is -0.136. The molecule has 2 fully saturated rings. The fourth-order valence-electron chi connectivity index (χ4n) is 6.27. The molecule has 4 unspecified atom stereocenters. The number of fused-ring (bicyclic) bond motifs is 5. The van der Waals surface area contributed by atoms with Crippen LogP contribution in [0.1, 0.15) is 63.0 Å². The quantitative estimate of drug-likeness (QED) is 0.593. The predicted octanol–water partition coefficient (Wildman–Crippen LogP) is 4.74. The average molecular weight is 340 g/mol. The third-order valence-electron chi connectivity index (χ3n) is 7.44. The van der Waals surface area contributed by atoms with E-state index in [-0.39, 0.29) is 11.4 Å². The lowest BCUT2D eigenvalue weighted by atomic mass is 9.55. The first kappa shape index (κ1) is 16.7. The minimum absolute atomic E-state index is 0.147. The number of ether oxygens (including phenoxy) is 1. The molecule has 2 saturated carbocycles. The molecule has 0 amide bonds. The summed E-state index contributed by atoms with van der Waals surface area (Å²) in [5.74, 6) is 2.18. The summed E-state index contributed by atoms with van der Waals surface area (Å²) in [7, 11) is 1.48. The summed E-state index contributed by atoms with van der Waals surface area (Å²) in [5.41, 5.74) is 5.13. The SMILES string of the molecule is COC(=O)/C(C)=C1\CCC2C3CCc4cc(O)ccc4C3CCC12C. The number of hydrogen-bond donors (Lipinski definition) is 1. The Labute approximate surface area is 150 Å². The number of esters is 1. The maximum atomic E-state index is 12.1. The lowest BCUT2D eigenvalue weighted by Gasteiger charge is -2.49. The molecular formula is C22H28O3. The summed E-state index contributed by atoms with van der Waals surface area (Å²) < 4.78 is 4.99. The zero-order valence-corrected chi connectivity index (χ0v) is 15.5. The van der Waals surface area contributed by atoms with Crippen LogP contribution >= 0.6 is 0 Å². The van der Waals surface area contributed by atoms with Gasteiger partial charge >= 0.3 is 5.97 Å². The van der Waals surface area contributed by atoms with Gasteiger partial charge in [0.25, 0.3) is 0 Å². The van der Waals surface area contributed by atoms with E-state index >= 15 is 0 Å². The van der Waals surface area contributed by atoms with Crippen LogP contribution in [0, 0.1) is 17.3 Å². The molecule has 0 heterocycles. The number of rotatable bonds is 1. The van der Waals surface area contributed by atoms with Crippen LogP contribution in [0.5, 0.6) is 5.75 Å². The molecule has 134 valence electrons. The maximum absolute atomic E-state index is 12.1. The molecule has 0 bridgehead atoms. The van der Waals surface area contributed by atoms with Gasteiger partial charge in [-0.05, 0) is 91.9 Å². The summed E-state index contributed by atoms with van der Waals surface area (Å²) in [6, 6.07) is 5.95. The Morgan fingerprint density at radius 2 is 2.04 bits per heavy atom. The van der Waals surface area contributed by atoms with Crippen LogP contribution in [-0.2, 0) is 16.0 Å². The number of aryl methyl sites for hydroxylation is 1. The fraction of sp³-hybridized carbons (Fsp3) is 0.591. The minimum Gasteiger partial charge on any atom is -0.508 e. The van der Waals surface area contributed by atoms with E-state index < -0.39 is 0 Å². The Morgan fingerprint density at radius 3 is 2.80 bits per heavy atom. The molecule has 0 aliphatic heterocycles. The van der Waals surface area contributed by atoms with E-state index in [1.807, 2.05) is 19.1 Å². The average Bonchev–Trinajstić information content (AvgIpc) is 2.97. The van der Waals surface area contributed by atoms with Crippen molar-refractivity contribution in [1.29, 1.82) is 0 Å². The zero-order valence-electron chi connectivity index (χ0n) is 15.5. The van der Waals surface area contributed by atoms with Crippen molar-refractivity contribution < 1.29 is 14.6 Å². The van der Waals surface area contributed by atoms with Crippen LogP contribution in [0.15, 0.2) is 29.3 Å². The van der Waals surface area contributed by atoms with E-state index in [1.54, 1.807) is 0 Å². The topological polar surface area (TPSA) is 46.5 Å². The maximum Gasteiger partial charge on any atom is 0.333 e. The van der Waals surface area contributed by atoms with Gasteiger partial charge in [-0.2, -0.15) is 0 Å². The monoisotopic (exact) mass is 340 g/mol. The molecule has 4 rings (SSSR count). The van der Waals surface area contributed by atoms with Crippen molar-refractivity contribution in [3.05, 3.63) is 40.5 Å². The third kappa shape index (κ3) is 2.43. The second kappa shape index (κ2) is 5.89. The van der Waals surface area contributed by atoms with Crippen LogP contribution in [0.3, 0.4) is 0 Å². The highest BCUT2D eigenvalue weighted by Crippen LogP contribution is 2.63. The first-order valence-electron chi connectivity index (χ1n) is 9.56. The molecule has 0 spiro atoms. The summed E-state index contributed by atoms with van der Waals surface area (Å²) in [6.45, 7) is 4.33. The van der Waals surface area contributed by atoms with Crippen molar-refractivity contribution in [2.75, 3.05) is 7.11 Å². The molecule has 3 aliphatic rings. The molecule has 0 aromatic heterocycles. The normalized spacial score (nSPS) is 35.4. The predicted molar refractivity (Wildman–Crippen MR) is 97.4 cm³/mol. The van der Waals surface area contributed by atoms with E-state index in [1.165, 1.54) is 43.1 Å². The first-order valence-corrected chi connectivity index (χ1v) is 9.56. The second-order valence-electron chi connectivity index (χ2n) is 8.39. The van der Waals surface area contributed by atoms with Gasteiger partial charge in [0.2, 0.25) is 0 Å². The van der Waals surface area contributed by atoms with Gasteiger partial charge in [0.05, 0.1) is 7.11 Å². The number of benzene rings is 1. The molecule has 4 atom stereocenters. The van der Waals surface area contributed by atoms with Crippen LogP contribution in [0.25, 0.3) is 0 Å². The summed E-state index contributed by atoms with van der Waals surface area (Å²) in [6.07, 6.45) is 6.80. The summed E-state index contributed by atoms with van der Waals surface area (Å²) >= 11 is 0. The molecule has 3 nitrogen and oxygen atoms in total. The van der Waals surface area contributed by atoms with Crippen molar-refractivity contribution in [2.45, 2.75) is 58.3 Å². The molecule has 1 aromatic carbocycles. The van der Waals surface area contributed by atoms with Gasteiger partial charge in [-0.1, -0.05) is 18.6 Å². The van der Waals surface area contributed by atoms with Crippen LogP contribution in [-0.4, -0.2) is 18.2 Å². The number of methoxy groups -OCH3 is 1. The Kier molecular flexibility index (Phi) is 3.93. The standard InChI is InChI=1S/C22H28O3/c1-13(21(24)25-3)19-8-9-20-18-6-4-14-12-15(23)5-7-16(14)17(18)10-11-22(19,20)2/h5,7,12,17-18,20,23H,4,6,8-11H2,1-3H3/b19-13+. The van der Waals surface area contributed by atoms with E-state index in [2.05, 4.69) is 13.0 Å². The number of phenols is 1. The second-order valence-corrected chi connectivity index (χ2v) is 8.39. The van der Waals surface area contributed by atoms with Gasteiger partial charge in [-0.3, -0.25) is 0 Å². The first-order chi connectivity index (χ1) is 12.0. The van der Waals surface area contributed by atoms with E-state index in [4.69, 9.17) is 4.74 Å². The molecule has 0 radical (unpaired) electrons. The van der Waals surface area contributed by atoms with Crippen molar-refractivity contribution in [3.63, 3.8) is 0 Å². The molecule has 3 aliphatic carbocycles. The summed E-state index contributed by atoms with van der Waals surface area (Å²) in [5, 5.41) is 9.80. The van der Waals surface area contributed by atoms with E-state index in [0.717, 1.165) is 24.8 Å². The number of hydrogen-bond acceptors (Lipinski definition) is 3. The van der Waals surface area contributed by atoms with Crippen LogP contribution in [0.2, 0.25) is 0 Å². The summed E-state index contributed by atoms with van der Waals surface area (Å²) in [4.78, 5) is 12.1. The number of carbonyl (C=O) groups is 1. The van der Waals surface area contributed by atoms with Crippen molar-refractivity contribution in [1.82, 2.24) is 0 Å². The fourth-order valence-corrected chi connectivity index (χ4v) is 6.27. The van der Waals surface area contributed by atoms with Gasteiger partial charge < -0.3 is 9.84 Å². The van der Waals surface area contributed by atoms with Gasteiger partial charge in [0.1, 0.15) is 5.75 Å². The van der Waals surface area contributed by atoms with E-state index in [0.29, 0.717) is 23.5 Å². The molecule has 1 aromatic rings. The zero-order chi connectivity index (χ0) is 17.8. The van der Waals surface area contributed by atoms with Crippen molar-refractivity contribution in [3.8, 4) is 5.75 Å². The van der Waals surface area contributed by atoms with Crippen LogP contribution in [0.4, 0.5) is 0 Å². The van der Waals surface area contributed by atoms with Crippen molar-refractivity contribution in [2.24, 2.45) is 17.3 Å². The lowest BCUT2D eigenvalue weighted by Crippen LogP contribution is -2.40. The van der Waals surface area contributed by atoms with Crippen LogP contribution < -0.4 is 0 Å². The van der Waals surface area contributed by atoms with Gasteiger partial charge in [0, 0.05) is 5.57 Å². The number of allylic oxidation sites excluding steroid dienone is 1. The van der Waals surface area contributed by atoms with Crippen molar-refractivity contribution >= 4 is 5.97 Å². The molecular weight excluding hydrogens is 312 g/mol. The minimum atomic E-state index is -0.163. The van der Waals surface area contributed by atoms with Gasteiger partial charge in [-0.25, -0.2) is 4.79 Å². The number of aromatic hydroxyl groups is 1. The third-order valence-corrected chi connectivity index (χ3v) is 7.44. The van der Waals surface area contributed by atoms with Gasteiger partial charge in [0.15, 0.2) is 0 Å². The molecule has 1 N–H and O–H groups in total. The van der Waals surface area contributed by atoms with E-state index in [9.17, 15) is 9.90 Å². The van der Waals surface area contributed by atoms with Gasteiger partial charge in [-0.15, -0.1) is 0 Å². The largest absolute Gasteiger partial charge is 0.508 e. The highest BCUT2D eigenvalue weighted by molar-refractivity contribution is 5.89. The molecule has 0 saturated heterocycles. The highest BCUT2D eigenvalue weighted by atomic mass is 16.5.